The molecule has 0 saturated carbocycles. The predicted molar refractivity (Wildman–Crippen MR) is 93.3 cm³/mol. The molecule has 0 bridgehead atoms. The van der Waals surface area contributed by atoms with Crippen molar-refractivity contribution in [3.05, 3.63) is 45.2 Å². The first-order valence-electron chi connectivity index (χ1n) is 8.32. The lowest BCUT2D eigenvalue weighted by molar-refractivity contribution is -0.0417. The smallest absolute Gasteiger partial charge is 0.252 e. The lowest BCUT2D eigenvalue weighted by Gasteiger charge is -2.36. The number of rotatable bonds is 3. The molecule has 1 aromatic carbocycles. The Hall–Kier alpha value is -1.40. The van der Waals surface area contributed by atoms with Crippen LogP contribution >= 0.6 is 11.6 Å². The molecule has 2 saturated heterocycles. The highest BCUT2D eigenvalue weighted by Gasteiger charge is 2.47. The Morgan fingerprint density at radius 2 is 2.29 bits per heavy atom. The summed E-state index contributed by atoms with van der Waals surface area (Å²) in [4.78, 5) is 17.6. The van der Waals surface area contributed by atoms with Gasteiger partial charge in [-0.25, -0.2) is 0 Å². The highest BCUT2D eigenvalue weighted by molar-refractivity contribution is 6.31. The summed E-state index contributed by atoms with van der Waals surface area (Å²) in [5.74, 6) is 0.342. The van der Waals surface area contributed by atoms with Crippen molar-refractivity contribution in [3.63, 3.8) is 0 Å². The lowest BCUT2D eigenvalue weighted by Crippen LogP contribution is -2.41. The fourth-order valence-electron chi connectivity index (χ4n) is 4.11. The zero-order valence-electron chi connectivity index (χ0n) is 13.4. The Bertz CT molecular complexity index is 822. The molecule has 2 aliphatic heterocycles. The van der Waals surface area contributed by atoms with Crippen molar-refractivity contribution >= 4 is 22.5 Å². The zero-order chi connectivity index (χ0) is 16.7. The number of aliphatic hydroxyl groups excluding tert-OH is 1. The summed E-state index contributed by atoms with van der Waals surface area (Å²) < 4.78 is 5.58. The second-order valence-electron chi connectivity index (χ2n) is 7.07. The second-order valence-corrected chi connectivity index (χ2v) is 7.50. The maximum Gasteiger partial charge on any atom is 0.252 e. The van der Waals surface area contributed by atoms with Gasteiger partial charge in [0.25, 0.3) is 5.56 Å². The molecule has 1 aromatic heterocycles. The predicted octanol–water partition coefficient (Wildman–Crippen LogP) is 2.01. The lowest BCUT2D eigenvalue weighted by atomic mass is 9.75. The Morgan fingerprint density at radius 3 is 3.08 bits per heavy atom. The van der Waals surface area contributed by atoms with Crippen molar-refractivity contribution in [2.45, 2.75) is 13.0 Å². The number of nitrogens with one attached hydrogen (secondary N) is 1. The molecule has 2 N–H and O–H groups in total. The molecule has 2 atom stereocenters. The number of aromatic amines is 1. The number of benzene rings is 1. The van der Waals surface area contributed by atoms with Crippen LogP contribution < -0.4 is 5.56 Å². The molecule has 0 unspecified atom stereocenters. The van der Waals surface area contributed by atoms with Gasteiger partial charge in [0.2, 0.25) is 0 Å². The molecule has 0 spiro atoms. The van der Waals surface area contributed by atoms with Crippen LogP contribution in [0.15, 0.2) is 29.1 Å². The van der Waals surface area contributed by atoms with Gasteiger partial charge < -0.3 is 14.8 Å². The number of hydrogen-bond donors (Lipinski definition) is 2. The quantitative estimate of drug-likeness (QED) is 0.890. The third kappa shape index (κ3) is 2.75. The van der Waals surface area contributed by atoms with Gasteiger partial charge in [-0.2, -0.15) is 0 Å². The van der Waals surface area contributed by atoms with Crippen LogP contribution in [0.1, 0.15) is 12.0 Å². The summed E-state index contributed by atoms with van der Waals surface area (Å²) in [7, 11) is 0. The molecule has 0 radical (unpaired) electrons. The molecular weight excluding hydrogens is 328 g/mol. The van der Waals surface area contributed by atoms with Crippen molar-refractivity contribution < 1.29 is 9.84 Å². The first-order valence-corrected chi connectivity index (χ1v) is 8.70. The third-order valence-corrected chi connectivity index (χ3v) is 5.78. The van der Waals surface area contributed by atoms with E-state index in [2.05, 4.69) is 9.88 Å². The summed E-state index contributed by atoms with van der Waals surface area (Å²) in [6.07, 6.45) is 0.886. The van der Waals surface area contributed by atoms with E-state index < -0.39 is 0 Å². The number of likely N-dealkylation sites (tertiary alicyclic amines) is 1. The number of hydrogen-bond acceptors (Lipinski definition) is 4. The summed E-state index contributed by atoms with van der Waals surface area (Å²) in [5.41, 5.74) is 1.35. The van der Waals surface area contributed by atoms with Crippen LogP contribution in [-0.4, -0.2) is 47.9 Å². The van der Waals surface area contributed by atoms with Crippen molar-refractivity contribution in [3.8, 4) is 0 Å². The third-order valence-electron chi connectivity index (χ3n) is 5.54. The molecule has 3 heterocycles. The Morgan fingerprint density at radius 1 is 1.42 bits per heavy atom. The number of nitrogens with zero attached hydrogens (tertiary/aromatic N) is 1. The standard InChI is InChI=1S/C18H21ClN2O3/c19-15-2-1-12-5-13(17(23)20-16(12)6-15)7-21-8-14-9-24-4-3-18(14,10-21)11-22/h1-2,5-6,14,22H,3-4,7-11H2,(H,20,23)/t14-,18-/m1/s1. The van der Waals surface area contributed by atoms with E-state index >= 15 is 0 Å². The summed E-state index contributed by atoms with van der Waals surface area (Å²) in [6, 6.07) is 7.46. The van der Waals surface area contributed by atoms with Crippen LogP contribution in [0.4, 0.5) is 0 Å². The monoisotopic (exact) mass is 348 g/mol. The van der Waals surface area contributed by atoms with Gasteiger partial charge in [-0.05, 0) is 30.0 Å². The molecule has 6 heteroatoms. The first-order chi connectivity index (χ1) is 11.6. The van der Waals surface area contributed by atoms with E-state index in [1.54, 1.807) is 6.07 Å². The molecule has 2 aliphatic rings. The SMILES string of the molecule is O=c1[nH]c2cc(Cl)ccc2cc1CN1C[C@@H]2COCC[C@]2(CO)C1. The van der Waals surface area contributed by atoms with Gasteiger partial charge in [0.15, 0.2) is 0 Å². The number of halogens is 1. The second kappa shape index (κ2) is 6.15. The van der Waals surface area contributed by atoms with Crippen LogP contribution in [-0.2, 0) is 11.3 Å². The van der Waals surface area contributed by atoms with Gasteiger partial charge >= 0.3 is 0 Å². The maximum absolute atomic E-state index is 12.4. The summed E-state index contributed by atoms with van der Waals surface area (Å²) >= 11 is 5.98. The molecule has 4 rings (SSSR count). The van der Waals surface area contributed by atoms with E-state index in [1.165, 1.54) is 0 Å². The van der Waals surface area contributed by atoms with Gasteiger partial charge in [0.1, 0.15) is 0 Å². The molecule has 5 nitrogen and oxygen atoms in total. The van der Waals surface area contributed by atoms with Gasteiger partial charge in [-0.3, -0.25) is 9.69 Å². The van der Waals surface area contributed by atoms with Gasteiger partial charge in [0.05, 0.1) is 13.2 Å². The molecular formula is C18H21ClN2O3. The number of pyridine rings is 1. The highest BCUT2D eigenvalue weighted by Crippen LogP contribution is 2.42. The van der Waals surface area contributed by atoms with Crippen LogP contribution in [0.5, 0.6) is 0 Å². The minimum atomic E-state index is -0.0751. The summed E-state index contributed by atoms with van der Waals surface area (Å²) in [5, 5.41) is 11.5. The zero-order valence-corrected chi connectivity index (χ0v) is 14.2. The number of H-pyrrole nitrogens is 1. The molecule has 0 aliphatic carbocycles. The number of aromatic nitrogens is 1. The largest absolute Gasteiger partial charge is 0.396 e. The topological polar surface area (TPSA) is 65.6 Å². The van der Waals surface area contributed by atoms with Crippen molar-refractivity contribution in [1.82, 2.24) is 9.88 Å². The average Bonchev–Trinajstić information content (AvgIpc) is 2.94. The average molecular weight is 349 g/mol. The van der Waals surface area contributed by atoms with E-state index in [-0.39, 0.29) is 17.6 Å². The normalized spacial score (nSPS) is 27.5. The van der Waals surface area contributed by atoms with Crippen LogP contribution in [0.25, 0.3) is 10.9 Å². The van der Waals surface area contributed by atoms with Crippen molar-refractivity contribution in [2.24, 2.45) is 11.3 Å². The fraction of sp³-hybridized carbons (Fsp3) is 0.500. The van der Waals surface area contributed by atoms with Crippen LogP contribution in [0, 0.1) is 11.3 Å². The molecule has 128 valence electrons. The van der Waals surface area contributed by atoms with Gasteiger partial charge in [-0.1, -0.05) is 17.7 Å². The minimum Gasteiger partial charge on any atom is -0.396 e. The summed E-state index contributed by atoms with van der Waals surface area (Å²) in [6.45, 7) is 3.86. The maximum atomic E-state index is 12.4. The fourth-order valence-corrected chi connectivity index (χ4v) is 4.29. The van der Waals surface area contributed by atoms with Gasteiger partial charge in [0, 0.05) is 53.7 Å². The van der Waals surface area contributed by atoms with E-state index in [9.17, 15) is 9.90 Å². The molecule has 2 fully saturated rings. The minimum absolute atomic E-state index is 0.0740. The highest BCUT2D eigenvalue weighted by atomic mass is 35.5. The number of aliphatic hydroxyl groups is 1. The van der Waals surface area contributed by atoms with E-state index in [1.807, 2.05) is 18.2 Å². The van der Waals surface area contributed by atoms with E-state index in [4.69, 9.17) is 16.3 Å². The van der Waals surface area contributed by atoms with Crippen molar-refractivity contribution in [2.75, 3.05) is 32.9 Å². The Kier molecular flexibility index (Phi) is 4.12. The van der Waals surface area contributed by atoms with Crippen LogP contribution in [0.3, 0.4) is 0 Å². The number of ether oxygens (including phenoxy) is 1. The molecule has 0 amide bonds. The Balaban J connectivity index is 1.59. The molecule has 2 aromatic rings. The van der Waals surface area contributed by atoms with E-state index in [0.29, 0.717) is 30.7 Å². The van der Waals surface area contributed by atoms with Gasteiger partial charge in [-0.15, -0.1) is 0 Å². The Labute approximate surface area is 145 Å². The van der Waals surface area contributed by atoms with E-state index in [0.717, 1.165) is 36.0 Å². The van der Waals surface area contributed by atoms with Crippen LogP contribution in [0.2, 0.25) is 5.02 Å². The van der Waals surface area contributed by atoms with Crippen molar-refractivity contribution in [1.29, 1.82) is 0 Å². The number of fused-ring (bicyclic) bond motifs is 2. The first kappa shape index (κ1) is 16.1. The molecule has 24 heavy (non-hydrogen) atoms.